The standard InChI is InChI=1S/C19H14N4O2/c1-12-9-16(15-7-2-3-8-17(15)21-12)18(24)22-14-6-4-5-13(10-14)19-23-20-11-25-19/h2-11H,1H3,(H,22,24). The molecule has 0 fully saturated rings. The van der Waals surface area contributed by atoms with Gasteiger partial charge in [0, 0.05) is 22.3 Å². The van der Waals surface area contributed by atoms with Crippen molar-refractivity contribution in [3.8, 4) is 11.5 Å². The third kappa shape index (κ3) is 2.97. The Morgan fingerprint density at radius 3 is 2.80 bits per heavy atom. The molecule has 0 bridgehead atoms. The molecule has 0 radical (unpaired) electrons. The molecule has 1 amide bonds. The fourth-order valence-electron chi connectivity index (χ4n) is 2.72. The molecule has 0 aliphatic carbocycles. The van der Waals surface area contributed by atoms with Gasteiger partial charge in [0.25, 0.3) is 5.91 Å². The lowest BCUT2D eigenvalue weighted by molar-refractivity contribution is 0.102. The number of benzene rings is 2. The molecule has 2 aromatic heterocycles. The van der Waals surface area contributed by atoms with Crippen LogP contribution in [0.3, 0.4) is 0 Å². The molecule has 0 spiro atoms. The second-order valence-electron chi connectivity index (χ2n) is 5.61. The van der Waals surface area contributed by atoms with Crippen LogP contribution in [0, 0.1) is 6.92 Å². The van der Waals surface area contributed by atoms with Gasteiger partial charge in [0.05, 0.1) is 11.1 Å². The van der Waals surface area contributed by atoms with Gasteiger partial charge in [-0.25, -0.2) is 0 Å². The van der Waals surface area contributed by atoms with Crippen LogP contribution in [0.5, 0.6) is 0 Å². The summed E-state index contributed by atoms with van der Waals surface area (Å²) < 4.78 is 5.19. The maximum Gasteiger partial charge on any atom is 0.256 e. The average molecular weight is 330 g/mol. The minimum absolute atomic E-state index is 0.190. The van der Waals surface area contributed by atoms with Gasteiger partial charge in [-0.3, -0.25) is 9.78 Å². The van der Waals surface area contributed by atoms with Crippen LogP contribution >= 0.6 is 0 Å². The molecule has 2 aromatic carbocycles. The number of aryl methyl sites for hydroxylation is 1. The first kappa shape index (κ1) is 15.0. The Balaban J connectivity index is 1.68. The van der Waals surface area contributed by atoms with Gasteiger partial charge in [0.1, 0.15) is 0 Å². The van der Waals surface area contributed by atoms with Crippen molar-refractivity contribution in [1.82, 2.24) is 15.2 Å². The zero-order valence-electron chi connectivity index (χ0n) is 13.4. The molecular weight excluding hydrogens is 316 g/mol. The summed E-state index contributed by atoms with van der Waals surface area (Å²) >= 11 is 0. The summed E-state index contributed by atoms with van der Waals surface area (Å²) in [5, 5.41) is 11.3. The van der Waals surface area contributed by atoms with E-state index in [1.54, 1.807) is 12.1 Å². The van der Waals surface area contributed by atoms with E-state index in [2.05, 4.69) is 20.5 Å². The molecule has 0 unspecified atom stereocenters. The first-order valence-corrected chi connectivity index (χ1v) is 7.75. The summed E-state index contributed by atoms with van der Waals surface area (Å²) in [6, 6.07) is 16.7. The van der Waals surface area contributed by atoms with E-state index in [9.17, 15) is 4.79 Å². The van der Waals surface area contributed by atoms with Crippen molar-refractivity contribution in [2.24, 2.45) is 0 Å². The summed E-state index contributed by atoms with van der Waals surface area (Å²) in [7, 11) is 0. The molecule has 0 atom stereocenters. The number of carbonyl (C=O) groups excluding carboxylic acids is 1. The molecule has 25 heavy (non-hydrogen) atoms. The van der Waals surface area contributed by atoms with Crippen LogP contribution in [0.2, 0.25) is 0 Å². The van der Waals surface area contributed by atoms with Gasteiger partial charge in [-0.2, -0.15) is 0 Å². The Labute approximate surface area is 143 Å². The largest absolute Gasteiger partial charge is 0.423 e. The molecule has 6 nitrogen and oxygen atoms in total. The predicted octanol–water partition coefficient (Wildman–Crippen LogP) is 3.85. The van der Waals surface area contributed by atoms with E-state index in [-0.39, 0.29) is 5.91 Å². The van der Waals surface area contributed by atoms with E-state index in [4.69, 9.17) is 4.42 Å². The number of rotatable bonds is 3. The van der Waals surface area contributed by atoms with E-state index >= 15 is 0 Å². The van der Waals surface area contributed by atoms with Crippen LogP contribution in [-0.2, 0) is 0 Å². The van der Waals surface area contributed by atoms with Gasteiger partial charge in [-0.15, -0.1) is 10.2 Å². The molecule has 0 aliphatic rings. The number of nitrogens with zero attached hydrogens (tertiary/aromatic N) is 3. The van der Waals surface area contributed by atoms with Crippen molar-refractivity contribution in [2.45, 2.75) is 6.92 Å². The molecular formula is C19H14N4O2. The number of nitrogens with one attached hydrogen (secondary N) is 1. The van der Waals surface area contributed by atoms with Gasteiger partial charge in [-0.1, -0.05) is 24.3 Å². The number of carbonyl (C=O) groups is 1. The Bertz CT molecular complexity index is 1060. The summed E-state index contributed by atoms with van der Waals surface area (Å²) in [5.74, 6) is 0.214. The third-order valence-corrected chi connectivity index (χ3v) is 3.82. The van der Waals surface area contributed by atoms with Gasteiger partial charge in [0.2, 0.25) is 12.3 Å². The topological polar surface area (TPSA) is 80.9 Å². The van der Waals surface area contributed by atoms with Crippen LogP contribution in [0.25, 0.3) is 22.4 Å². The number of pyridine rings is 1. The van der Waals surface area contributed by atoms with E-state index < -0.39 is 0 Å². The number of amides is 1. The van der Waals surface area contributed by atoms with Crippen molar-refractivity contribution in [2.75, 3.05) is 5.32 Å². The second kappa shape index (κ2) is 6.16. The predicted molar refractivity (Wildman–Crippen MR) is 94.2 cm³/mol. The molecule has 0 saturated heterocycles. The zero-order valence-corrected chi connectivity index (χ0v) is 13.4. The minimum Gasteiger partial charge on any atom is -0.423 e. The molecule has 4 rings (SSSR count). The highest BCUT2D eigenvalue weighted by molar-refractivity contribution is 6.12. The fourth-order valence-corrected chi connectivity index (χ4v) is 2.72. The number of hydrogen-bond donors (Lipinski definition) is 1. The number of para-hydroxylation sites is 1. The first-order chi connectivity index (χ1) is 12.2. The first-order valence-electron chi connectivity index (χ1n) is 7.75. The van der Waals surface area contributed by atoms with E-state index in [1.807, 2.05) is 49.4 Å². The van der Waals surface area contributed by atoms with Crippen molar-refractivity contribution < 1.29 is 9.21 Å². The molecule has 0 aliphatic heterocycles. The maximum absolute atomic E-state index is 12.8. The lowest BCUT2D eigenvalue weighted by Gasteiger charge is -2.09. The van der Waals surface area contributed by atoms with Crippen molar-refractivity contribution in [1.29, 1.82) is 0 Å². The van der Waals surface area contributed by atoms with Crippen LogP contribution in [0.1, 0.15) is 16.1 Å². The van der Waals surface area contributed by atoms with Gasteiger partial charge >= 0.3 is 0 Å². The highest BCUT2D eigenvalue weighted by atomic mass is 16.4. The molecule has 1 N–H and O–H groups in total. The van der Waals surface area contributed by atoms with Gasteiger partial charge in [0.15, 0.2) is 0 Å². The average Bonchev–Trinajstić information content (AvgIpc) is 3.16. The highest BCUT2D eigenvalue weighted by Crippen LogP contribution is 2.23. The van der Waals surface area contributed by atoms with Crippen LogP contribution < -0.4 is 5.32 Å². The molecule has 0 saturated carbocycles. The Hall–Kier alpha value is -3.54. The summed E-state index contributed by atoms with van der Waals surface area (Å²) in [6.45, 7) is 1.87. The smallest absolute Gasteiger partial charge is 0.256 e. The van der Waals surface area contributed by atoms with E-state index in [0.717, 1.165) is 22.2 Å². The minimum atomic E-state index is -0.190. The maximum atomic E-state index is 12.8. The molecule has 2 heterocycles. The quantitative estimate of drug-likeness (QED) is 0.617. The normalized spacial score (nSPS) is 10.8. The van der Waals surface area contributed by atoms with Crippen molar-refractivity contribution in [3.05, 3.63) is 72.2 Å². The summed E-state index contributed by atoms with van der Waals surface area (Å²) in [5.41, 5.74) is 3.58. The fraction of sp³-hybridized carbons (Fsp3) is 0.0526. The van der Waals surface area contributed by atoms with Crippen LogP contribution in [-0.4, -0.2) is 21.1 Å². The third-order valence-electron chi connectivity index (χ3n) is 3.82. The molecule has 122 valence electrons. The van der Waals surface area contributed by atoms with Crippen LogP contribution in [0.15, 0.2) is 65.4 Å². The number of aromatic nitrogens is 3. The summed E-state index contributed by atoms with van der Waals surface area (Å²) in [4.78, 5) is 17.3. The molecule has 6 heteroatoms. The van der Waals surface area contributed by atoms with Gasteiger partial charge in [-0.05, 0) is 37.3 Å². The van der Waals surface area contributed by atoms with Crippen molar-refractivity contribution in [3.63, 3.8) is 0 Å². The zero-order chi connectivity index (χ0) is 17.2. The Morgan fingerprint density at radius 2 is 1.96 bits per heavy atom. The second-order valence-corrected chi connectivity index (χ2v) is 5.61. The lowest BCUT2D eigenvalue weighted by Crippen LogP contribution is -2.13. The molecule has 4 aromatic rings. The number of fused-ring (bicyclic) bond motifs is 1. The SMILES string of the molecule is Cc1cc(C(=O)Nc2cccc(-c3nnco3)c2)c2ccccc2n1. The lowest BCUT2D eigenvalue weighted by atomic mass is 10.1. The number of anilines is 1. The highest BCUT2D eigenvalue weighted by Gasteiger charge is 2.13. The summed E-state index contributed by atoms with van der Waals surface area (Å²) in [6.07, 6.45) is 1.27. The monoisotopic (exact) mass is 330 g/mol. The Morgan fingerprint density at radius 1 is 1.08 bits per heavy atom. The van der Waals surface area contributed by atoms with Crippen molar-refractivity contribution >= 4 is 22.5 Å². The van der Waals surface area contributed by atoms with Gasteiger partial charge < -0.3 is 9.73 Å². The Kier molecular flexibility index (Phi) is 3.70. The van der Waals surface area contributed by atoms with E-state index in [0.29, 0.717) is 17.1 Å². The number of hydrogen-bond acceptors (Lipinski definition) is 5. The van der Waals surface area contributed by atoms with E-state index in [1.165, 1.54) is 6.39 Å². The van der Waals surface area contributed by atoms with Crippen LogP contribution in [0.4, 0.5) is 5.69 Å².